The molecule has 7 aromatic rings. The minimum atomic E-state index is -0.582. The first-order chi connectivity index (χ1) is 24.6. The molecule has 0 saturated carbocycles. The molecule has 4 heterocycles. The van der Waals surface area contributed by atoms with Crippen LogP contribution in [0.2, 0.25) is 0 Å². The van der Waals surface area contributed by atoms with E-state index in [4.69, 9.17) is 0 Å². The van der Waals surface area contributed by atoms with Gasteiger partial charge in [-0.05, 0) is 55.4 Å². The van der Waals surface area contributed by atoms with Crippen molar-refractivity contribution >= 4 is 55.9 Å². The van der Waals surface area contributed by atoms with Crippen molar-refractivity contribution in [1.82, 2.24) is 4.57 Å². The smallest absolute Gasteiger partial charge is 0.504 e. The van der Waals surface area contributed by atoms with Crippen LogP contribution in [-0.4, -0.2) is 18.7 Å². The van der Waals surface area contributed by atoms with Crippen LogP contribution in [0.5, 0.6) is 0 Å². The van der Waals surface area contributed by atoms with Crippen LogP contribution in [0.4, 0.5) is 34.1 Å². The number of fused-ring (bicyclic) bond motifs is 7. The molecule has 3 aliphatic heterocycles. The van der Waals surface area contributed by atoms with E-state index in [-0.39, 0.29) is 26.5 Å². The van der Waals surface area contributed by atoms with Crippen molar-refractivity contribution in [3.8, 4) is 5.69 Å². The monoisotopic (exact) mass is 856 g/mol. The Hall–Kier alpha value is -4.99. The Kier molecular flexibility index (Phi) is 7.28. The zero-order chi connectivity index (χ0) is 34.8. The molecule has 0 amide bonds. The van der Waals surface area contributed by atoms with E-state index in [2.05, 4.69) is 207 Å². The first-order valence-electron chi connectivity index (χ1n) is 17.7. The molecule has 6 aromatic carbocycles. The van der Waals surface area contributed by atoms with Crippen LogP contribution in [0, 0.1) is 25.5 Å². The van der Waals surface area contributed by atoms with Crippen molar-refractivity contribution in [2.45, 2.75) is 38.5 Å². The topological polar surface area (TPSA) is 17.9 Å². The maximum Gasteiger partial charge on any atom is 4.00 e. The molecule has 6 heteroatoms. The Labute approximate surface area is 321 Å². The molecule has 0 saturated heterocycles. The summed E-state index contributed by atoms with van der Waals surface area (Å²) < 4.78 is 2.47. The van der Waals surface area contributed by atoms with Gasteiger partial charge in [-0.15, -0.1) is 40.7 Å². The summed E-state index contributed by atoms with van der Waals surface area (Å²) in [4.78, 5) is 8.96. The standard InChI is InChI=1S/C46H39N5.Pt/c1-45(2,3)30-24-31(26-33(25-30)50-29-48(6)41-19-10-12-21-43(41)50)46(4)36-16-13-15-35-34-14-7-8-17-38(34)51(44(35)36)39-23-22-32(27-37(39)46)49-28-47(5)40-18-9-11-20-42(40)49;/h7-25,28-29H,1-6H3;/q-4;+4. The molecule has 5 nitrogen and oxygen atoms in total. The Morgan fingerprint density at radius 1 is 0.596 bits per heavy atom. The average molecular weight is 857 g/mol. The molecule has 1 unspecified atom stereocenters. The summed E-state index contributed by atoms with van der Waals surface area (Å²) in [6.45, 7) is 13.7. The van der Waals surface area contributed by atoms with Gasteiger partial charge in [0.2, 0.25) is 0 Å². The summed E-state index contributed by atoms with van der Waals surface area (Å²) >= 11 is 0. The fourth-order valence-corrected chi connectivity index (χ4v) is 8.57. The summed E-state index contributed by atoms with van der Waals surface area (Å²) in [5, 5.41) is 2.53. The van der Waals surface area contributed by atoms with E-state index >= 15 is 0 Å². The third-order valence-electron chi connectivity index (χ3n) is 11.3. The first-order valence-corrected chi connectivity index (χ1v) is 17.7. The molecular formula is C46H39N5Pt. The molecule has 0 spiro atoms. The summed E-state index contributed by atoms with van der Waals surface area (Å²) in [7, 11) is 4.23. The van der Waals surface area contributed by atoms with Gasteiger partial charge in [0.15, 0.2) is 0 Å². The van der Waals surface area contributed by atoms with E-state index in [9.17, 15) is 0 Å². The Morgan fingerprint density at radius 3 is 1.87 bits per heavy atom. The zero-order valence-corrected chi connectivity index (χ0v) is 32.4. The minimum Gasteiger partial charge on any atom is -0.504 e. The number of para-hydroxylation sites is 6. The second kappa shape index (κ2) is 11.5. The average Bonchev–Trinajstić information content (AvgIpc) is 3.79. The SMILES string of the molecule is CN1[CH-]N(c2[c-]c3c(cc2)-n2c4ccccc4c4cccc(c42)C3(C)c2[c-]c(N3[CH-]N(C)c4ccccc43)cc(C(C)(C)C)c2)c2ccccc21.[Pt+4]. The predicted molar refractivity (Wildman–Crippen MR) is 212 cm³/mol. The normalized spacial score (nSPS) is 17.4. The van der Waals surface area contributed by atoms with E-state index in [0.717, 1.165) is 39.6 Å². The minimum absolute atomic E-state index is 0. The molecular weight excluding hydrogens is 818 g/mol. The number of hydrogen-bond donors (Lipinski definition) is 0. The van der Waals surface area contributed by atoms with E-state index in [1.54, 1.807) is 0 Å². The van der Waals surface area contributed by atoms with Crippen molar-refractivity contribution in [2.24, 2.45) is 0 Å². The van der Waals surface area contributed by atoms with Crippen LogP contribution in [0.15, 0.2) is 115 Å². The quantitative estimate of drug-likeness (QED) is 0.165. The maximum absolute atomic E-state index is 4.06. The van der Waals surface area contributed by atoms with Gasteiger partial charge in [0.1, 0.15) is 0 Å². The number of hydrogen-bond acceptors (Lipinski definition) is 4. The van der Waals surface area contributed by atoms with Gasteiger partial charge in [0.05, 0.1) is 0 Å². The molecule has 258 valence electrons. The van der Waals surface area contributed by atoms with Crippen LogP contribution in [-0.2, 0) is 31.9 Å². The first kappa shape index (κ1) is 32.9. The third kappa shape index (κ3) is 4.51. The molecule has 1 atom stereocenters. The predicted octanol–water partition coefficient (Wildman–Crippen LogP) is 10.8. The van der Waals surface area contributed by atoms with Crippen LogP contribution in [0.3, 0.4) is 0 Å². The molecule has 0 N–H and O–H groups in total. The van der Waals surface area contributed by atoms with Crippen molar-refractivity contribution < 1.29 is 21.1 Å². The maximum atomic E-state index is 4.06. The summed E-state index contributed by atoms with van der Waals surface area (Å²) in [5.41, 5.74) is 14.5. The van der Waals surface area contributed by atoms with Crippen molar-refractivity contribution in [3.63, 3.8) is 0 Å². The second-order valence-corrected chi connectivity index (χ2v) is 15.4. The molecule has 0 bridgehead atoms. The number of rotatable bonds is 3. The number of aromatic nitrogens is 1. The van der Waals surface area contributed by atoms with Gasteiger partial charge in [0, 0.05) is 50.0 Å². The largest absolute Gasteiger partial charge is 4.00 e. The second-order valence-electron chi connectivity index (χ2n) is 15.4. The Bertz CT molecular complexity index is 2560. The molecule has 3 aliphatic rings. The summed E-state index contributed by atoms with van der Waals surface area (Å²) in [6, 6.07) is 50.2. The van der Waals surface area contributed by atoms with Crippen LogP contribution in [0.25, 0.3) is 27.5 Å². The molecule has 0 aliphatic carbocycles. The van der Waals surface area contributed by atoms with E-state index in [0.29, 0.717) is 0 Å². The van der Waals surface area contributed by atoms with Crippen molar-refractivity contribution in [2.75, 3.05) is 33.7 Å². The molecule has 10 rings (SSSR count). The van der Waals surface area contributed by atoms with Crippen molar-refractivity contribution in [3.05, 3.63) is 163 Å². The fraction of sp³-hybridized carbons (Fsp3) is 0.174. The van der Waals surface area contributed by atoms with Gasteiger partial charge >= 0.3 is 21.1 Å². The van der Waals surface area contributed by atoms with Gasteiger partial charge in [0.25, 0.3) is 0 Å². The van der Waals surface area contributed by atoms with Gasteiger partial charge in [-0.25, -0.2) is 0 Å². The van der Waals surface area contributed by atoms with Crippen molar-refractivity contribution in [1.29, 1.82) is 0 Å². The molecule has 52 heavy (non-hydrogen) atoms. The van der Waals surface area contributed by atoms with E-state index < -0.39 is 5.41 Å². The summed E-state index contributed by atoms with van der Waals surface area (Å²) in [5.74, 6) is 0. The van der Waals surface area contributed by atoms with Crippen LogP contribution >= 0.6 is 0 Å². The molecule has 0 fully saturated rings. The number of benzene rings is 6. The Morgan fingerprint density at radius 2 is 1.19 bits per heavy atom. The van der Waals surface area contributed by atoms with Gasteiger partial charge < -0.3 is 24.2 Å². The van der Waals surface area contributed by atoms with E-state index in [1.165, 1.54) is 44.3 Å². The molecule has 0 radical (unpaired) electrons. The number of nitrogens with zero attached hydrogens (tertiary/aromatic N) is 5. The number of anilines is 6. The van der Waals surface area contributed by atoms with Gasteiger partial charge in [-0.2, -0.15) is 37.1 Å². The van der Waals surface area contributed by atoms with Crippen LogP contribution in [0.1, 0.15) is 49.9 Å². The Balaban J connectivity index is 0.00000360. The fourth-order valence-electron chi connectivity index (χ4n) is 8.57. The summed E-state index contributed by atoms with van der Waals surface area (Å²) in [6.07, 6.45) is 0. The zero-order valence-electron chi connectivity index (χ0n) is 30.2. The van der Waals surface area contributed by atoms with Gasteiger partial charge in [-0.3, -0.25) is 0 Å². The third-order valence-corrected chi connectivity index (χ3v) is 11.3. The van der Waals surface area contributed by atoms with Gasteiger partial charge in [-0.1, -0.05) is 94.0 Å². The van der Waals surface area contributed by atoms with E-state index in [1.807, 2.05) is 0 Å². The molecule has 1 aromatic heterocycles. The van der Waals surface area contributed by atoms with Crippen LogP contribution < -0.4 is 19.6 Å².